The lowest BCUT2D eigenvalue weighted by atomic mass is 9.97. The van der Waals surface area contributed by atoms with Crippen molar-refractivity contribution in [2.24, 2.45) is 0 Å². The van der Waals surface area contributed by atoms with Crippen molar-refractivity contribution in [1.82, 2.24) is 0 Å². The SMILES string of the molecule is c1ccc(-c2ccccc2N(c2ccc(-c3cccc4ccccc34)cc2)c2cccc3sc4ccc5oc6c7ccccc7ccc6c5c4c23)cc1. The van der Waals surface area contributed by atoms with Gasteiger partial charge in [-0.3, -0.25) is 0 Å². The molecule has 0 fully saturated rings. The highest BCUT2D eigenvalue weighted by Crippen LogP contribution is 2.50. The number of fused-ring (bicyclic) bond motifs is 10. The topological polar surface area (TPSA) is 16.4 Å². The molecule has 0 aliphatic rings. The third-order valence-electron chi connectivity index (χ3n) is 10.7. The van der Waals surface area contributed by atoms with E-state index in [-0.39, 0.29) is 0 Å². The molecule has 0 atom stereocenters. The minimum atomic E-state index is 0.911. The molecule has 11 aromatic rings. The zero-order chi connectivity index (χ0) is 34.9. The Morgan fingerprint density at radius 1 is 0.377 bits per heavy atom. The first-order valence-electron chi connectivity index (χ1n) is 18.0. The normalized spacial score (nSPS) is 11.8. The monoisotopic (exact) mass is 693 g/mol. The zero-order valence-electron chi connectivity index (χ0n) is 28.7. The Morgan fingerprint density at radius 2 is 1.02 bits per heavy atom. The summed E-state index contributed by atoms with van der Waals surface area (Å²) in [4.78, 5) is 2.46. The summed E-state index contributed by atoms with van der Waals surface area (Å²) in [7, 11) is 0. The highest BCUT2D eigenvalue weighted by molar-refractivity contribution is 7.26. The molecule has 0 unspecified atom stereocenters. The standard InChI is InChI=1S/C50H31NOS/c1-2-12-33(13-3-1)39-18-8-9-21-42(39)51(36-27-24-35(25-28-36)38-20-10-16-32-14-4-6-17-37(32)38)43-22-11-23-45-48(43)49-46(53-45)31-30-44-47(49)41-29-26-34-15-5-7-19-40(34)50(41)52-44/h1-31H. The predicted molar refractivity (Wildman–Crippen MR) is 227 cm³/mol. The summed E-state index contributed by atoms with van der Waals surface area (Å²) >= 11 is 1.85. The maximum atomic E-state index is 6.72. The summed E-state index contributed by atoms with van der Waals surface area (Å²) in [6, 6.07) is 67.9. The molecule has 0 spiro atoms. The molecule has 0 aliphatic carbocycles. The third kappa shape index (κ3) is 4.71. The fourth-order valence-corrected chi connectivity index (χ4v) is 9.41. The maximum Gasteiger partial charge on any atom is 0.143 e. The van der Waals surface area contributed by atoms with Crippen molar-refractivity contribution in [3.63, 3.8) is 0 Å². The van der Waals surface area contributed by atoms with Gasteiger partial charge in [-0.25, -0.2) is 0 Å². The second kappa shape index (κ2) is 11.9. The first-order valence-corrected chi connectivity index (χ1v) is 18.8. The van der Waals surface area contributed by atoms with Gasteiger partial charge in [0.25, 0.3) is 0 Å². The molecular weight excluding hydrogens is 663 g/mol. The number of rotatable bonds is 5. The van der Waals surface area contributed by atoms with Gasteiger partial charge in [0.15, 0.2) is 0 Å². The van der Waals surface area contributed by atoms with Crippen molar-refractivity contribution in [1.29, 1.82) is 0 Å². The van der Waals surface area contributed by atoms with Gasteiger partial charge in [-0.15, -0.1) is 11.3 Å². The second-order valence-corrected chi connectivity index (χ2v) is 14.7. The van der Waals surface area contributed by atoms with Gasteiger partial charge in [0.1, 0.15) is 11.2 Å². The maximum absolute atomic E-state index is 6.72. The Labute approximate surface area is 310 Å². The smallest absolute Gasteiger partial charge is 0.143 e. The number of nitrogens with zero attached hydrogens (tertiary/aromatic N) is 1. The van der Waals surface area contributed by atoms with Crippen LogP contribution in [0.2, 0.25) is 0 Å². The average Bonchev–Trinajstić information content (AvgIpc) is 3.81. The van der Waals surface area contributed by atoms with Crippen molar-refractivity contribution >= 4 is 92.1 Å². The van der Waals surface area contributed by atoms with E-state index in [1.165, 1.54) is 64.0 Å². The lowest BCUT2D eigenvalue weighted by Gasteiger charge is -2.29. The van der Waals surface area contributed by atoms with E-state index < -0.39 is 0 Å². The van der Waals surface area contributed by atoms with Gasteiger partial charge in [0, 0.05) is 47.6 Å². The van der Waals surface area contributed by atoms with Crippen molar-refractivity contribution < 1.29 is 4.42 Å². The van der Waals surface area contributed by atoms with Gasteiger partial charge in [-0.05, 0) is 81.4 Å². The van der Waals surface area contributed by atoms with Gasteiger partial charge in [0.05, 0.1) is 11.4 Å². The van der Waals surface area contributed by atoms with Gasteiger partial charge in [0.2, 0.25) is 0 Å². The Balaban J connectivity index is 1.20. The number of hydrogen-bond donors (Lipinski definition) is 0. The molecule has 0 saturated heterocycles. The Hall–Kier alpha value is -6.68. The minimum absolute atomic E-state index is 0.911. The number of para-hydroxylation sites is 1. The Morgan fingerprint density at radius 3 is 1.89 bits per heavy atom. The van der Waals surface area contributed by atoms with Crippen LogP contribution in [0.3, 0.4) is 0 Å². The van der Waals surface area contributed by atoms with Crippen LogP contribution >= 0.6 is 11.3 Å². The van der Waals surface area contributed by atoms with E-state index >= 15 is 0 Å². The van der Waals surface area contributed by atoms with Crippen molar-refractivity contribution in [2.75, 3.05) is 4.90 Å². The molecule has 0 N–H and O–H groups in total. The average molecular weight is 694 g/mol. The van der Waals surface area contributed by atoms with E-state index in [1.807, 2.05) is 11.3 Å². The van der Waals surface area contributed by atoms with E-state index in [9.17, 15) is 0 Å². The van der Waals surface area contributed by atoms with E-state index in [2.05, 4.69) is 193 Å². The van der Waals surface area contributed by atoms with Gasteiger partial charge in [-0.2, -0.15) is 0 Å². The molecule has 248 valence electrons. The number of thiophene rings is 1. The first kappa shape index (κ1) is 30.0. The molecule has 11 rings (SSSR count). The number of anilines is 3. The van der Waals surface area contributed by atoms with Crippen molar-refractivity contribution in [3.05, 3.63) is 188 Å². The fraction of sp³-hybridized carbons (Fsp3) is 0. The molecule has 3 heteroatoms. The molecule has 0 radical (unpaired) electrons. The molecule has 0 bridgehead atoms. The van der Waals surface area contributed by atoms with Crippen molar-refractivity contribution in [2.45, 2.75) is 0 Å². The summed E-state index contributed by atoms with van der Waals surface area (Å²) < 4.78 is 9.21. The van der Waals surface area contributed by atoms with E-state index in [4.69, 9.17) is 4.42 Å². The second-order valence-electron chi connectivity index (χ2n) is 13.6. The van der Waals surface area contributed by atoms with Crippen LogP contribution in [-0.4, -0.2) is 0 Å². The summed E-state index contributed by atoms with van der Waals surface area (Å²) in [5.74, 6) is 0. The van der Waals surface area contributed by atoms with Crippen LogP contribution < -0.4 is 4.90 Å². The summed E-state index contributed by atoms with van der Waals surface area (Å²) in [5.41, 5.74) is 9.99. The zero-order valence-corrected chi connectivity index (χ0v) is 29.5. The summed E-state index contributed by atoms with van der Waals surface area (Å²) in [6.07, 6.45) is 0. The predicted octanol–water partition coefficient (Wildman–Crippen LogP) is 15.1. The number of hydrogen-bond acceptors (Lipinski definition) is 3. The molecule has 2 heterocycles. The Kier molecular flexibility index (Phi) is 6.76. The van der Waals surface area contributed by atoms with Crippen LogP contribution in [0.5, 0.6) is 0 Å². The molecule has 0 amide bonds. The van der Waals surface area contributed by atoms with Gasteiger partial charge < -0.3 is 9.32 Å². The molecule has 0 aliphatic heterocycles. The van der Waals surface area contributed by atoms with Crippen LogP contribution in [-0.2, 0) is 0 Å². The molecule has 2 aromatic heterocycles. The quantitative estimate of drug-likeness (QED) is 0.178. The molecule has 0 saturated carbocycles. The number of benzene rings is 9. The lowest BCUT2D eigenvalue weighted by Crippen LogP contribution is -2.11. The fourth-order valence-electron chi connectivity index (χ4n) is 8.28. The largest absolute Gasteiger partial charge is 0.455 e. The van der Waals surface area contributed by atoms with Crippen LogP contribution in [0.4, 0.5) is 17.1 Å². The molecule has 53 heavy (non-hydrogen) atoms. The van der Waals surface area contributed by atoms with Gasteiger partial charge >= 0.3 is 0 Å². The van der Waals surface area contributed by atoms with Gasteiger partial charge in [-0.1, -0.05) is 140 Å². The first-order chi connectivity index (χ1) is 26.3. The van der Waals surface area contributed by atoms with E-state index in [0.29, 0.717) is 0 Å². The lowest BCUT2D eigenvalue weighted by molar-refractivity contribution is 0.673. The van der Waals surface area contributed by atoms with Crippen LogP contribution in [0.1, 0.15) is 0 Å². The summed E-state index contributed by atoms with van der Waals surface area (Å²) in [6.45, 7) is 0. The van der Waals surface area contributed by atoms with Crippen LogP contribution in [0, 0.1) is 0 Å². The molecular formula is C50H31NOS. The van der Waals surface area contributed by atoms with Crippen molar-refractivity contribution in [3.8, 4) is 22.3 Å². The molecule has 9 aromatic carbocycles. The number of furan rings is 1. The van der Waals surface area contributed by atoms with E-state index in [1.54, 1.807) is 0 Å². The van der Waals surface area contributed by atoms with Crippen LogP contribution in [0.25, 0.3) is 85.9 Å². The Bertz CT molecular complexity index is 3170. The molecule has 2 nitrogen and oxygen atoms in total. The highest BCUT2D eigenvalue weighted by atomic mass is 32.1. The van der Waals surface area contributed by atoms with Crippen LogP contribution in [0.15, 0.2) is 192 Å². The summed E-state index contributed by atoms with van der Waals surface area (Å²) in [5, 5.41) is 9.61. The van der Waals surface area contributed by atoms with E-state index in [0.717, 1.165) is 39.0 Å². The third-order valence-corrected chi connectivity index (χ3v) is 11.8. The highest BCUT2D eigenvalue weighted by Gasteiger charge is 2.24. The minimum Gasteiger partial charge on any atom is -0.455 e.